The second kappa shape index (κ2) is 21.2. The molecule has 272 valence electrons. The number of aliphatic carboxylic acids is 1. The molecule has 2 atom stereocenters. The number of carboxylic acids is 1. The normalized spacial score (nSPS) is 12.0. The zero-order chi connectivity index (χ0) is 37.1. The van der Waals surface area contributed by atoms with Crippen LogP contribution in [-0.2, 0) is 46.4 Å². The van der Waals surface area contributed by atoms with E-state index in [0.717, 1.165) is 5.56 Å². The molecule has 0 heterocycles. The predicted molar refractivity (Wildman–Crippen MR) is 189 cm³/mol. The zero-order valence-corrected chi connectivity index (χ0v) is 29.8. The van der Waals surface area contributed by atoms with Gasteiger partial charge in [0, 0.05) is 19.4 Å². The topological polar surface area (TPSA) is 170 Å². The van der Waals surface area contributed by atoms with Gasteiger partial charge in [-0.15, -0.1) is 0 Å². The molecule has 14 heteroatoms. The van der Waals surface area contributed by atoms with Gasteiger partial charge in [0.05, 0.1) is 19.6 Å². The minimum atomic E-state index is -1.49. The number of carbonyl (C=O) groups excluding carboxylic acids is 4. The molecule has 0 saturated carbocycles. The van der Waals surface area contributed by atoms with Crippen LogP contribution in [0.2, 0.25) is 0 Å². The molecule has 3 amide bonds. The number of benzene rings is 2. The molecule has 0 fully saturated rings. The highest BCUT2D eigenvalue weighted by Gasteiger charge is 2.37. The number of hydrogen-bond donors (Lipinski definition) is 3. The van der Waals surface area contributed by atoms with E-state index in [9.17, 15) is 24.0 Å². The first-order valence-corrected chi connectivity index (χ1v) is 16.6. The maximum absolute atomic E-state index is 14.5. The number of nitrogens with zero attached hydrogens (tertiary/aromatic N) is 1. The fraction of sp³-hybridized carbons (Fsp3) is 0.444. The molecule has 0 bridgehead atoms. The van der Waals surface area contributed by atoms with Crippen LogP contribution in [0.4, 0.5) is 4.79 Å². The van der Waals surface area contributed by atoms with Crippen molar-refractivity contribution in [3.63, 3.8) is 0 Å². The summed E-state index contributed by atoms with van der Waals surface area (Å²) in [7, 11) is 0. The number of alkyl carbamates (subject to hydrolysis) is 1. The molecular weight excluding hydrogens is 666 g/mol. The van der Waals surface area contributed by atoms with Crippen molar-refractivity contribution in [2.24, 2.45) is 0 Å². The molecule has 13 nitrogen and oxygen atoms in total. The standard InChI is InChI=1S/C36H47N3O10S/c1-6-20-48-33(44)29(22-25-13-9-8-10-14-25)39(24-26-16-18-27(19-17-26)47-21-12-11-15-31(41)42)32(43)28(37-34(45)49-36(3,4)5)23-30(40)38-35(50)46-7-2/h6,8-10,13-14,16-19,28-29H,1,7,11-12,15,20-24H2,2-5H3,(H,37,45)(H,41,42)(H,38,40,50)/t28-,29-/m0/s1. The van der Waals surface area contributed by atoms with Crippen LogP contribution in [0.25, 0.3) is 0 Å². The van der Waals surface area contributed by atoms with Gasteiger partial charge in [0.25, 0.3) is 5.17 Å². The smallest absolute Gasteiger partial charge is 0.408 e. The molecule has 3 N–H and O–H groups in total. The highest BCUT2D eigenvalue weighted by Crippen LogP contribution is 2.20. The van der Waals surface area contributed by atoms with E-state index >= 15 is 0 Å². The first-order chi connectivity index (χ1) is 23.7. The summed E-state index contributed by atoms with van der Waals surface area (Å²) >= 11 is 5.03. The lowest BCUT2D eigenvalue weighted by molar-refractivity contribution is -0.155. The number of unbranched alkanes of at least 4 members (excludes halogenated alkanes) is 1. The summed E-state index contributed by atoms with van der Waals surface area (Å²) < 4.78 is 21.7. The summed E-state index contributed by atoms with van der Waals surface area (Å²) in [5.74, 6) is -2.54. The van der Waals surface area contributed by atoms with Crippen LogP contribution in [-0.4, -0.2) is 82.5 Å². The highest BCUT2D eigenvalue weighted by molar-refractivity contribution is 7.80. The van der Waals surface area contributed by atoms with Crippen LogP contribution in [0.3, 0.4) is 0 Å². The summed E-state index contributed by atoms with van der Waals surface area (Å²) in [5.41, 5.74) is 0.415. The van der Waals surface area contributed by atoms with Gasteiger partial charge in [0.2, 0.25) is 11.8 Å². The van der Waals surface area contributed by atoms with Crippen molar-refractivity contribution in [2.45, 2.75) is 84.0 Å². The quantitative estimate of drug-likeness (QED) is 0.0798. The monoisotopic (exact) mass is 713 g/mol. The predicted octanol–water partition coefficient (Wildman–Crippen LogP) is 4.71. The van der Waals surface area contributed by atoms with Gasteiger partial charge in [-0.1, -0.05) is 55.1 Å². The molecule has 0 spiro atoms. The van der Waals surface area contributed by atoms with Gasteiger partial charge in [-0.25, -0.2) is 9.59 Å². The molecule has 0 saturated heterocycles. The summed E-state index contributed by atoms with van der Waals surface area (Å²) in [4.78, 5) is 66.2. The van der Waals surface area contributed by atoms with Crippen molar-refractivity contribution in [3.05, 3.63) is 78.4 Å². The Bertz CT molecular complexity index is 1440. The third kappa shape index (κ3) is 15.9. The SMILES string of the molecule is C=CCOC(=O)[C@H](Cc1ccccc1)N(Cc1ccc(OCCCCC(=O)O)cc1)C(=O)[C@H](CC(=O)NC(=S)OCC)NC(=O)OC(C)(C)C. The van der Waals surface area contributed by atoms with Crippen LogP contribution in [0, 0.1) is 0 Å². The van der Waals surface area contributed by atoms with E-state index in [4.69, 9.17) is 36.3 Å². The summed E-state index contributed by atoms with van der Waals surface area (Å²) in [5, 5.41) is 13.5. The van der Waals surface area contributed by atoms with Crippen LogP contribution in [0.1, 0.15) is 64.5 Å². The van der Waals surface area contributed by atoms with E-state index < -0.39 is 54.0 Å². The molecule has 0 aromatic heterocycles. The minimum absolute atomic E-state index is 0.0518. The third-order valence-electron chi connectivity index (χ3n) is 6.77. The lowest BCUT2D eigenvalue weighted by Crippen LogP contribution is -2.56. The molecule has 2 aromatic carbocycles. The van der Waals surface area contributed by atoms with Gasteiger partial charge in [0.1, 0.15) is 30.0 Å². The van der Waals surface area contributed by atoms with E-state index in [1.807, 2.05) is 6.07 Å². The molecule has 0 aliphatic rings. The molecular formula is C36H47N3O10S. The van der Waals surface area contributed by atoms with Gasteiger partial charge in [-0.3, -0.25) is 19.7 Å². The summed E-state index contributed by atoms with van der Waals surface area (Å²) in [6.45, 7) is 10.5. The van der Waals surface area contributed by atoms with E-state index in [-0.39, 0.29) is 37.8 Å². The summed E-state index contributed by atoms with van der Waals surface area (Å²) in [6, 6.07) is 13.1. The molecule has 0 aliphatic heterocycles. The second-order valence-electron chi connectivity index (χ2n) is 12.1. The van der Waals surface area contributed by atoms with E-state index in [1.54, 1.807) is 76.2 Å². The number of amides is 3. The minimum Gasteiger partial charge on any atom is -0.494 e. The van der Waals surface area contributed by atoms with E-state index in [2.05, 4.69) is 17.2 Å². The second-order valence-corrected chi connectivity index (χ2v) is 12.5. The number of hydrogen-bond acceptors (Lipinski definition) is 10. The number of ether oxygens (including phenoxy) is 4. The van der Waals surface area contributed by atoms with Crippen molar-refractivity contribution in [1.82, 2.24) is 15.5 Å². The average molecular weight is 714 g/mol. The van der Waals surface area contributed by atoms with Crippen molar-refractivity contribution in [2.75, 3.05) is 19.8 Å². The van der Waals surface area contributed by atoms with Crippen molar-refractivity contribution in [1.29, 1.82) is 0 Å². The Labute approximate surface area is 298 Å². The zero-order valence-electron chi connectivity index (χ0n) is 29.0. The maximum Gasteiger partial charge on any atom is 0.408 e. The van der Waals surface area contributed by atoms with Crippen molar-refractivity contribution in [3.8, 4) is 5.75 Å². The fourth-order valence-corrected chi connectivity index (χ4v) is 4.79. The maximum atomic E-state index is 14.5. The molecule has 2 rings (SSSR count). The van der Waals surface area contributed by atoms with Gasteiger partial charge < -0.3 is 34.3 Å². The average Bonchev–Trinajstić information content (AvgIpc) is 3.04. The van der Waals surface area contributed by atoms with E-state index in [1.165, 1.54) is 11.0 Å². The third-order valence-corrected chi connectivity index (χ3v) is 6.99. The van der Waals surface area contributed by atoms with Gasteiger partial charge >= 0.3 is 18.0 Å². The molecule has 2 aromatic rings. The van der Waals surface area contributed by atoms with Gasteiger partial charge in [-0.05, 0) is 76.0 Å². The van der Waals surface area contributed by atoms with Crippen LogP contribution < -0.4 is 15.4 Å². The van der Waals surface area contributed by atoms with Crippen LogP contribution >= 0.6 is 12.2 Å². The van der Waals surface area contributed by atoms with Crippen LogP contribution in [0.5, 0.6) is 5.75 Å². The molecule has 50 heavy (non-hydrogen) atoms. The lowest BCUT2D eigenvalue weighted by atomic mass is 10.0. The number of rotatable bonds is 19. The highest BCUT2D eigenvalue weighted by atomic mass is 32.1. The lowest BCUT2D eigenvalue weighted by Gasteiger charge is -2.34. The first kappa shape index (κ1) is 41.2. The number of nitrogens with one attached hydrogen (secondary N) is 2. The summed E-state index contributed by atoms with van der Waals surface area (Å²) in [6.07, 6.45) is 1.03. The fourth-order valence-electron chi connectivity index (χ4n) is 4.56. The Morgan fingerprint density at radius 2 is 1.66 bits per heavy atom. The number of carboxylic acid groups (broad SMARTS) is 1. The Morgan fingerprint density at radius 3 is 2.26 bits per heavy atom. The number of thiocarbonyl (C=S) groups is 1. The Balaban J connectivity index is 2.51. The van der Waals surface area contributed by atoms with Gasteiger partial charge in [-0.2, -0.15) is 0 Å². The first-order valence-electron chi connectivity index (χ1n) is 16.2. The Morgan fingerprint density at radius 1 is 0.980 bits per heavy atom. The number of esters is 1. The molecule has 0 radical (unpaired) electrons. The number of carbonyl (C=O) groups is 5. The Kier molecular flexibility index (Phi) is 17.4. The van der Waals surface area contributed by atoms with Crippen molar-refractivity contribution < 1.29 is 48.0 Å². The van der Waals surface area contributed by atoms with Crippen molar-refractivity contribution >= 4 is 47.2 Å². The van der Waals surface area contributed by atoms with Crippen LogP contribution in [0.15, 0.2) is 67.3 Å². The largest absolute Gasteiger partial charge is 0.494 e. The molecule has 0 aliphatic carbocycles. The van der Waals surface area contributed by atoms with Gasteiger partial charge in [0.15, 0.2) is 0 Å². The Hall–Kier alpha value is -4.98. The van der Waals surface area contributed by atoms with E-state index in [0.29, 0.717) is 30.8 Å². The molecule has 0 unspecified atom stereocenters.